The highest BCUT2D eigenvalue weighted by atomic mass is 19.1. The summed E-state index contributed by atoms with van der Waals surface area (Å²) in [6.07, 6.45) is 1.54. The van der Waals surface area contributed by atoms with Gasteiger partial charge in [-0.05, 0) is 67.6 Å². The van der Waals surface area contributed by atoms with Crippen LogP contribution in [0.25, 0.3) is 0 Å². The van der Waals surface area contributed by atoms with Crippen molar-refractivity contribution < 1.29 is 23.5 Å². The standard InChI is InChI=1S/C23H21FO4/c1-11-9-13(27-15-6-4-3-5-14(15)24)10-12(2)18(11)21-22(25)19-16-7-8-17(28-16)20(19)23(21)26/h3-6,9-10,16-17,19-21H,7-8H2,1-2H3/t16-,17+,19-,20+,21?. The van der Waals surface area contributed by atoms with Gasteiger partial charge in [0.2, 0.25) is 0 Å². The molecule has 0 spiro atoms. The van der Waals surface area contributed by atoms with Crippen LogP contribution in [0.1, 0.15) is 35.4 Å². The minimum Gasteiger partial charge on any atom is -0.454 e. The molecule has 5 heteroatoms. The number of para-hydroxylation sites is 1. The number of carbonyl (C=O) groups excluding carboxylic acids is 2. The maximum absolute atomic E-state index is 13.9. The summed E-state index contributed by atoms with van der Waals surface area (Å²) in [7, 11) is 0. The number of carbonyl (C=O) groups is 2. The Balaban J connectivity index is 1.49. The number of hydrogen-bond donors (Lipinski definition) is 0. The van der Waals surface area contributed by atoms with Gasteiger partial charge in [0.15, 0.2) is 23.1 Å². The third-order valence-corrected chi connectivity index (χ3v) is 6.42. The van der Waals surface area contributed by atoms with Gasteiger partial charge in [-0.2, -0.15) is 0 Å². The van der Waals surface area contributed by atoms with Gasteiger partial charge in [-0.25, -0.2) is 4.39 Å². The lowest BCUT2D eigenvalue weighted by Crippen LogP contribution is -2.29. The number of rotatable bonds is 3. The topological polar surface area (TPSA) is 52.6 Å². The first-order chi connectivity index (χ1) is 13.5. The van der Waals surface area contributed by atoms with Gasteiger partial charge in [-0.15, -0.1) is 0 Å². The van der Waals surface area contributed by atoms with Crippen LogP contribution in [-0.2, 0) is 14.3 Å². The molecule has 1 unspecified atom stereocenters. The number of Topliss-reactive ketones (excluding diaryl/α,β-unsaturated/α-hetero) is 2. The normalized spacial score (nSPS) is 30.8. The molecule has 2 heterocycles. The largest absolute Gasteiger partial charge is 0.454 e. The van der Waals surface area contributed by atoms with Crippen LogP contribution in [0.4, 0.5) is 4.39 Å². The van der Waals surface area contributed by atoms with Crippen LogP contribution in [-0.4, -0.2) is 23.8 Å². The molecule has 2 bridgehead atoms. The zero-order valence-corrected chi connectivity index (χ0v) is 15.8. The average molecular weight is 380 g/mol. The van der Waals surface area contributed by atoms with Crippen LogP contribution >= 0.6 is 0 Å². The van der Waals surface area contributed by atoms with E-state index in [0.717, 1.165) is 29.5 Å². The van der Waals surface area contributed by atoms with E-state index in [1.165, 1.54) is 6.07 Å². The summed E-state index contributed by atoms with van der Waals surface area (Å²) < 4.78 is 25.4. The van der Waals surface area contributed by atoms with Gasteiger partial charge < -0.3 is 9.47 Å². The van der Waals surface area contributed by atoms with Crippen LogP contribution in [0.15, 0.2) is 36.4 Å². The minimum atomic E-state index is -0.718. The predicted octanol–water partition coefficient (Wildman–Crippen LogP) is 4.26. The number of aryl methyl sites for hydroxylation is 2. The monoisotopic (exact) mass is 380 g/mol. The Morgan fingerprint density at radius 1 is 0.964 bits per heavy atom. The van der Waals surface area contributed by atoms with Gasteiger partial charge >= 0.3 is 0 Å². The molecule has 1 aliphatic carbocycles. The Kier molecular flexibility index (Phi) is 3.91. The fourth-order valence-electron chi connectivity index (χ4n) is 5.31. The summed E-state index contributed by atoms with van der Waals surface area (Å²) in [5.74, 6) is -1.10. The number of ether oxygens (including phenoxy) is 2. The summed E-state index contributed by atoms with van der Waals surface area (Å²) >= 11 is 0. The van der Waals surface area contributed by atoms with Crippen molar-refractivity contribution in [1.29, 1.82) is 0 Å². The van der Waals surface area contributed by atoms with Crippen molar-refractivity contribution in [3.05, 3.63) is 58.9 Å². The quantitative estimate of drug-likeness (QED) is 0.747. The van der Waals surface area contributed by atoms with Crippen LogP contribution in [0.5, 0.6) is 11.5 Å². The second kappa shape index (κ2) is 6.24. The first-order valence-electron chi connectivity index (χ1n) is 9.72. The molecule has 0 aromatic heterocycles. The van der Waals surface area contributed by atoms with E-state index in [0.29, 0.717) is 5.75 Å². The molecule has 1 saturated carbocycles. The fraction of sp³-hybridized carbons (Fsp3) is 0.391. The second-order valence-corrected chi connectivity index (χ2v) is 8.08. The maximum atomic E-state index is 13.9. The van der Waals surface area contributed by atoms with Gasteiger partial charge in [0.25, 0.3) is 0 Å². The van der Waals surface area contributed by atoms with E-state index in [2.05, 4.69) is 0 Å². The smallest absolute Gasteiger partial charge is 0.165 e. The van der Waals surface area contributed by atoms with Crippen molar-refractivity contribution >= 4 is 11.6 Å². The number of hydrogen-bond acceptors (Lipinski definition) is 4. The summed E-state index contributed by atoms with van der Waals surface area (Å²) in [5, 5.41) is 0. The van der Waals surface area contributed by atoms with Gasteiger partial charge in [-0.3, -0.25) is 9.59 Å². The van der Waals surface area contributed by atoms with Crippen molar-refractivity contribution in [3.8, 4) is 11.5 Å². The Morgan fingerprint density at radius 2 is 1.54 bits per heavy atom. The van der Waals surface area contributed by atoms with Crippen LogP contribution in [0.3, 0.4) is 0 Å². The van der Waals surface area contributed by atoms with E-state index in [4.69, 9.17) is 9.47 Å². The molecule has 3 fully saturated rings. The van der Waals surface area contributed by atoms with Gasteiger partial charge in [0, 0.05) is 0 Å². The van der Waals surface area contributed by atoms with Crippen LogP contribution in [0.2, 0.25) is 0 Å². The minimum absolute atomic E-state index is 0.00354. The molecule has 0 radical (unpaired) electrons. The molecule has 2 aliphatic heterocycles. The highest BCUT2D eigenvalue weighted by Gasteiger charge is 2.63. The van der Waals surface area contributed by atoms with E-state index in [1.54, 1.807) is 30.3 Å². The summed E-state index contributed by atoms with van der Waals surface area (Å²) in [6.45, 7) is 3.74. The number of ketones is 2. The first kappa shape index (κ1) is 17.6. The summed E-state index contributed by atoms with van der Waals surface area (Å²) in [4.78, 5) is 26.3. The highest BCUT2D eigenvalue weighted by molar-refractivity contribution is 6.17. The lowest BCUT2D eigenvalue weighted by atomic mass is 9.81. The highest BCUT2D eigenvalue weighted by Crippen LogP contribution is 2.53. The molecule has 4 nitrogen and oxygen atoms in total. The van der Waals surface area contributed by atoms with Crippen molar-refractivity contribution in [2.45, 2.75) is 44.8 Å². The number of fused-ring (bicyclic) bond motifs is 5. The van der Waals surface area contributed by atoms with Gasteiger partial charge in [0.05, 0.1) is 24.0 Å². The molecule has 5 atom stereocenters. The van der Waals surface area contributed by atoms with Gasteiger partial charge in [-0.1, -0.05) is 12.1 Å². The Morgan fingerprint density at radius 3 is 2.11 bits per heavy atom. The van der Waals surface area contributed by atoms with Gasteiger partial charge in [0.1, 0.15) is 11.7 Å². The zero-order chi connectivity index (χ0) is 19.6. The average Bonchev–Trinajstić information content (AvgIpc) is 3.33. The molecule has 0 N–H and O–H groups in total. The predicted molar refractivity (Wildman–Crippen MR) is 100 cm³/mol. The molecular weight excluding hydrogens is 359 g/mol. The molecule has 28 heavy (non-hydrogen) atoms. The fourth-order valence-corrected chi connectivity index (χ4v) is 5.31. The molecule has 5 rings (SSSR count). The lowest BCUT2D eigenvalue weighted by Gasteiger charge is -2.18. The van der Waals surface area contributed by atoms with Crippen molar-refractivity contribution in [2.24, 2.45) is 11.8 Å². The number of halogens is 1. The first-order valence-corrected chi connectivity index (χ1v) is 9.72. The third-order valence-electron chi connectivity index (χ3n) is 6.42. The molecular formula is C23H21FO4. The number of benzene rings is 2. The second-order valence-electron chi connectivity index (χ2n) is 8.08. The molecule has 2 aromatic rings. The van der Waals surface area contributed by atoms with Crippen LogP contribution < -0.4 is 4.74 Å². The van der Waals surface area contributed by atoms with E-state index in [9.17, 15) is 14.0 Å². The van der Waals surface area contributed by atoms with Crippen molar-refractivity contribution in [2.75, 3.05) is 0 Å². The van der Waals surface area contributed by atoms with E-state index < -0.39 is 11.7 Å². The molecule has 144 valence electrons. The van der Waals surface area contributed by atoms with E-state index >= 15 is 0 Å². The molecule has 3 aliphatic rings. The summed E-state index contributed by atoms with van der Waals surface area (Å²) in [5.41, 5.74) is 2.39. The third kappa shape index (κ3) is 2.46. The van der Waals surface area contributed by atoms with Crippen molar-refractivity contribution in [3.63, 3.8) is 0 Å². The SMILES string of the molecule is Cc1cc(Oc2ccccc2F)cc(C)c1C1C(=O)[C@@H]2[C@H](C1=O)[C@H]1CC[C@@H]2O1. The Hall–Kier alpha value is -2.53. The van der Waals surface area contributed by atoms with E-state index in [-0.39, 0.29) is 41.4 Å². The Labute approximate surface area is 162 Å². The molecule has 2 saturated heterocycles. The lowest BCUT2D eigenvalue weighted by molar-refractivity contribution is -0.127. The van der Waals surface area contributed by atoms with E-state index in [1.807, 2.05) is 13.8 Å². The summed E-state index contributed by atoms with van der Waals surface area (Å²) in [6, 6.07) is 9.76. The Bertz CT molecular complexity index is 947. The van der Waals surface area contributed by atoms with Crippen LogP contribution in [0, 0.1) is 31.5 Å². The van der Waals surface area contributed by atoms with Crippen molar-refractivity contribution in [1.82, 2.24) is 0 Å². The molecule has 0 amide bonds. The molecule has 2 aromatic carbocycles. The maximum Gasteiger partial charge on any atom is 0.165 e. The zero-order valence-electron chi connectivity index (χ0n) is 15.8.